The van der Waals surface area contributed by atoms with Crippen LogP contribution in [0.1, 0.15) is 130 Å². The molecule has 12 unspecified atom stereocenters. The van der Waals surface area contributed by atoms with E-state index in [4.69, 9.17) is 75.8 Å². The van der Waals surface area contributed by atoms with Gasteiger partial charge < -0.3 is 102 Å². The molecule has 25 nitrogen and oxygen atoms in total. The fourth-order valence-electron chi connectivity index (χ4n) is 15.9. The number of hydrogen-bond donors (Lipinski definition) is 5. The Morgan fingerprint density at radius 1 is 0.436 bits per heavy atom. The van der Waals surface area contributed by atoms with Crippen molar-refractivity contribution >= 4 is 24.1 Å². The van der Waals surface area contributed by atoms with Gasteiger partial charge in [-0.15, -0.1) is 0 Å². The van der Waals surface area contributed by atoms with Crippen LogP contribution in [0.15, 0.2) is 147 Å². The number of hydrogen-bond acceptors (Lipinski definition) is 23. The fourth-order valence-corrected chi connectivity index (χ4v) is 15.9. The average molecular weight is 1540 g/mol. The minimum absolute atomic E-state index is 0.00816. The number of alkyl carbamates (subject to hydrolysis) is 2. The van der Waals surface area contributed by atoms with E-state index in [0.29, 0.717) is 51.9 Å². The largest absolute Gasteiger partial charge is 0.469 e. The number of benzene rings is 4. The van der Waals surface area contributed by atoms with E-state index in [1.54, 1.807) is 0 Å². The predicted octanol–water partition coefficient (Wildman–Crippen LogP) is 11.2. The summed E-state index contributed by atoms with van der Waals surface area (Å²) in [5.74, 6) is -2.01. The van der Waals surface area contributed by atoms with Crippen molar-refractivity contribution in [1.82, 2.24) is 10.6 Å². The monoisotopic (exact) mass is 1540 g/mol. The van der Waals surface area contributed by atoms with Crippen molar-refractivity contribution in [1.29, 1.82) is 0 Å². The number of carbonyl (C=O) groups excluding carboxylic acids is 4. The summed E-state index contributed by atoms with van der Waals surface area (Å²) in [6, 6.07) is 37.9. The van der Waals surface area contributed by atoms with E-state index in [9.17, 15) is 34.5 Å². The van der Waals surface area contributed by atoms with Crippen molar-refractivity contribution in [2.45, 2.75) is 256 Å². The molecule has 0 spiro atoms. The Labute approximate surface area is 648 Å². The number of amides is 2. The third-order valence-electron chi connectivity index (χ3n) is 22.8. The second-order valence-corrected chi connectivity index (χ2v) is 29.9. The molecule has 0 bridgehead atoms. The minimum atomic E-state index is -1.61. The lowest BCUT2D eigenvalue weighted by molar-refractivity contribution is -0.340. The zero-order valence-corrected chi connectivity index (χ0v) is 65.7. The van der Waals surface area contributed by atoms with Crippen LogP contribution in [0.2, 0.25) is 0 Å². The third kappa shape index (κ3) is 23.2. The third-order valence-corrected chi connectivity index (χ3v) is 22.8. The quantitative estimate of drug-likeness (QED) is 0.0172. The maximum absolute atomic E-state index is 13.2. The van der Waals surface area contributed by atoms with Gasteiger partial charge in [0.15, 0.2) is 25.2 Å². The standard InChI is InChI=1S/C44H63NO10.C41H57NO13/c1-9-22-49-44(47)45-37-28(5)27(4)35(11-3)53-42(37)54-36-24-34(41(46)48-8)23-33(10-2)39(36)55-43-40(51-26-32-20-16-13-17-21-32)38(29(6)30(7)52-43)50-25-31-18-14-12-15-19-31;1-6-18-49-41(47)42-32-34(45)33(44)31(21-43)54-39(32)53-30-20-29(38(46)48-5)19-28(7-2)36(30)55-40-37(51-23-27-16-12-9-13-17-27)35(24(3)25(4)52-40)50-22-26-14-10-8-11-15-26/h9,12-21,27-30,33-40,42-43H,1,10-11,22-26H2,2-8H3,(H,45,47);6,8-17,24-25,28-37,39-40,43-45H,1,7,18-23H2,2-5H3,(H,42,47)/t27-,28?,29-,30?,33-,34?,35+,36-,37?,38+,39?,40?,42+,43+;24-,25?,28-,29?,30-,31+,32?,33+,34?,35+,36?,37?,39-,40+/m11/s1. The number of methoxy groups -OCH3 is 2. The van der Waals surface area contributed by atoms with Crippen molar-refractivity contribution in [3.63, 3.8) is 0 Å². The molecule has 10 rings (SSSR count). The van der Waals surface area contributed by atoms with E-state index in [0.717, 1.165) is 28.7 Å². The van der Waals surface area contributed by atoms with Crippen molar-refractivity contribution in [3.05, 3.63) is 169 Å². The van der Waals surface area contributed by atoms with Crippen molar-refractivity contribution in [2.24, 2.45) is 47.3 Å². The van der Waals surface area contributed by atoms with Crippen LogP contribution in [-0.2, 0) is 112 Å². The lowest BCUT2D eigenvalue weighted by atomic mass is 9.76. The van der Waals surface area contributed by atoms with Gasteiger partial charge in [-0.3, -0.25) is 9.59 Å². The van der Waals surface area contributed by atoms with Crippen molar-refractivity contribution in [2.75, 3.05) is 34.0 Å². The Morgan fingerprint density at radius 3 is 1.15 bits per heavy atom. The van der Waals surface area contributed by atoms with E-state index in [-0.39, 0.29) is 92.1 Å². The number of rotatable bonds is 32. The molecule has 2 saturated carbocycles. The summed E-state index contributed by atoms with van der Waals surface area (Å²) >= 11 is 0. The zero-order valence-electron chi connectivity index (χ0n) is 65.7. The van der Waals surface area contributed by atoms with E-state index >= 15 is 0 Å². The number of carbonyl (C=O) groups is 4. The van der Waals surface area contributed by atoms with Gasteiger partial charge in [0, 0.05) is 11.8 Å². The second kappa shape index (κ2) is 43.5. The van der Waals surface area contributed by atoms with Gasteiger partial charge in [-0.05, 0) is 91.9 Å². The minimum Gasteiger partial charge on any atom is -0.469 e. The number of aliphatic hydroxyl groups is 3. The molecule has 28 atom stereocenters. The van der Waals surface area contributed by atoms with Gasteiger partial charge in [-0.25, -0.2) is 9.59 Å². The summed E-state index contributed by atoms with van der Waals surface area (Å²) in [7, 11) is 2.74. The van der Waals surface area contributed by atoms with E-state index < -0.39 is 135 Å². The lowest BCUT2D eigenvalue weighted by Crippen LogP contribution is -2.66. The molecule has 4 saturated heterocycles. The van der Waals surface area contributed by atoms with Gasteiger partial charge in [0.1, 0.15) is 49.8 Å². The molecule has 2 aliphatic carbocycles. The number of aliphatic hydroxyl groups excluding tert-OH is 3. The summed E-state index contributed by atoms with van der Waals surface area (Å²) in [5.41, 5.74) is 4.05. The molecule has 5 N–H and O–H groups in total. The highest BCUT2D eigenvalue weighted by molar-refractivity contribution is 5.73. The van der Waals surface area contributed by atoms with Gasteiger partial charge in [0.2, 0.25) is 0 Å². The SMILES string of the molecule is C=CCOC(=O)NC1C(C)[C@@H](C)[C@H](CC)O[C@H]1O[C@@H]1CC(C(=O)OC)C[C@@H](CC)C1O[C@@H]1OC(C)[C@@H](C)[C@H](OCc2ccccc2)C1OCc1ccccc1.C=CCOC(=O)NC1C(O)[C@@H](O)[C@H](CO)O[C@H]1O[C@@H]1CC(C(=O)OC)C[C@@H](CC)C1O[C@@H]1OC(C)[C@@H](C)[C@H](OCc2ccccc2)C1OCc1ccccc1. The van der Waals surface area contributed by atoms with Gasteiger partial charge in [0.25, 0.3) is 0 Å². The molecule has 4 aliphatic heterocycles. The first-order chi connectivity index (χ1) is 53.1. The molecule has 0 aromatic heterocycles. The Morgan fingerprint density at radius 2 is 0.800 bits per heavy atom. The van der Waals surface area contributed by atoms with Gasteiger partial charge in [0.05, 0.1) is 120 Å². The molecule has 25 heteroatoms. The van der Waals surface area contributed by atoms with Crippen LogP contribution in [0.4, 0.5) is 9.59 Å². The topological polar surface area (TPSA) is 301 Å². The predicted molar refractivity (Wildman–Crippen MR) is 406 cm³/mol. The van der Waals surface area contributed by atoms with Gasteiger partial charge in [-0.1, -0.05) is 208 Å². The number of esters is 2. The van der Waals surface area contributed by atoms with Crippen LogP contribution in [-0.4, -0.2) is 196 Å². The number of nitrogens with one attached hydrogen (secondary N) is 2. The van der Waals surface area contributed by atoms with Gasteiger partial charge in [-0.2, -0.15) is 0 Å². The molecule has 6 fully saturated rings. The van der Waals surface area contributed by atoms with Gasteiger partial charge >= 0.3 is 24.1 Å². The molecule has 608 valence electrons. The second-order valence-electron chi connectivity index (χ2n) is 29.9. The normalized spacial score (nSPS) is 35.0. The smallest absolute Gasteiger partial charge is 0.407 e. The number of ether oxygens (including phenoxy) is 16. The highest BCUT2D eigenvalue weighted by atomic mass is 16.8. The van der Waals surface area contributed by atoms with Crippen molar-refractivity contribution in [3.8, 4) is 0 Å². The van der Waals surface area contributed by atoms with Crippen LogP contribution in [0, 0.1) is 47.3 Å². The maximum Gasteiger partial charge on any atom is 0.407 e. The summed E-state index contributed by atoms with van der Waals surface area (Å²) in [5, 5.41) is 37.5. The van der Waals surface area contributed by atoms with Crippen molar-refractivity contribution < 1.29 is 110 Å². The maximum atomic E-state index is 13.2. The zero-order chi connectivity index (χ0) is 79.0. The Kier molecular flexibility index (Phi) is 34.5. The molecule has 4 aromatic rings. The molecular formula is C85H120N2O23. The molecule has 110 heavy (non-hydrogen) atoms. The highest BCUT2D eigenvalue weighted by Crippen LogP contribution is 2.45. The molecule has 4 heterocycles. The molecule has 6 aliphatic rings. The molecular weight excluding hydrogens is 1420 g/mol. The van der Waals surface area contributed by atoms with Crippen LogP contribution in [0.25, 0.3) is 0 Å². The molecule has 4 aromatic carbocycles. The van der Waals surface area contributed by atoms with E-state index in [1.807, 2.05) is 142 Å². The summed E-state index contributed by atoms with van der Waals surface area (Å²) in [4.78, 5) is 51.8. The summed E-state index contributed by atoms with van der Waals surface area (Å²) in [6.07, 6.45) is -8.92. The first-order valence-electron chi connectivity index (χ1n) is 39.2. The Hall–Kier alpha value is -6.76. The van der Waals surface area contributed by atoms with Crippen LogP contribution >= 0.6 is 0 Å². The molecule has 2 amide bonds. The van der Waals surface area contributed by atoms with E-state index in [1.165, 1.54) is 26.4 Å². The van der Waals surface area contributed by atoms with Crippen LogP contribution in [0.5, 0.6) is 0 Å². The summed E-state index contributed by atoms with van der Waals surface area (Å²) < 4.78 is 101. The Balaban J connectivity index is 0.000000253. The highest BCUT2D eigenvalue weighted by Gasteiger charge is 2.55. The van der Waals surface area contributed by atoms with Crippen LogP contribution < -0.4 is 10.6 Å². The van der Waals surface area contributed by atoms with E-state index in [2.05, 4.69) is 65.3 Å². The lowest BCUT2D eigenvalue weighted by Gasteiger charge is -2.50. The average Bonchev–Trinajstić information content (AvgIpc) is 0.745. The van der Waals surface area contributed by atoms with Crippen LogP contribution in [0.3, 0.4) is 0 Å². The first kappa shape index (κ1) is 87.2. The molecule has 0 radical (unpaired) electrons. The summed E-state index contributed by atoms with van der Waals surface area (Å²) in [6.45, 7) is 26.4. The first-order valence-corrected chi connectivity index (χ1v) is 39.2. The fraction of sp³-hybridized carbons (Fsp3) is 0.624. The Bertz CT molecular complexity index is 3180.